The Bertz CT molecular complexity index is 724. The molecule has 0 atom stereocenters. The lowest BCUT2D eigenvalue weighted by atomic mass is 10.3. The van der Waals surface area contributed by atoms with Gasteiger partial charge < -0.3 is 5.11 Å². The summed E-state index contributed by atoms with van der Waals surface area (Å²) in [7, 11) is -4.29. The predicted molar refractivity (Wildman–Crippen MR) is 68.6 cm³/mol. The highest BCUT2D eigenvalue weighted by Crippen LogP contribution is 2.17. The fourth-order valence-electron chi connectivity index (χ4n) is 1.50. The van der Waals surface area contributed by atoms with Crippen LogP contribution in [0, 0.1) is 11.6 Å². The van der Waals surface area contributed by atoms with Gasteiger partial charge in [0.25, 0.3) is 10.0 Å². The summed E-state index contributed by atoms with van der Waals surface area (Å²) in [6.45, 7) is 0. The molecular formula is C12H10F2N2O3S. The maximum atomic E-state index is 13.5. The lowest BCUT2D eigenvalue weighted by Crippen LogP contribution is -2.24. The van der Waals surface area contributed by atoms with Gasteiger partial charge in [0.2, 0.25) is 5.88 Å². The standard InChI is InChI=1S/C12H10F2N2O3S/c13-8-4-5-11(9(14)7-8)20(18,19)16-10-3-1-2-6-15-12(10)17/h1,3-7,16-17H,2H2. The first-order valence-electron chi connectivity index (χ1n) is 5.50. The van der Waals surface area contributed by atoms with Gasteiger partial charge in [-0.15, -0.1) is 0 Å². The van der Waals surface area contributed by atoms with E-state index in [1.165, 1.54) is 12.3 Å². The Labute approximate surface area is 114 Å². The number of rotatable bonds is 3. The number of nitrogens with zero attached hydrogens (tertiary/aromatic N) is 1. The van der Waals surface area contributed by atoms with E-state index in [1.54, 1.807) is 6.08 Å². The molecule has 5 nitrogen and oxygen atoms in total. The third kappa shape index (κ3) is 3.02. The van der Waals surface area contributed by atoms with Crippen molar-refractivity contribution in [3.8, 4) is 0 Å². The molecule has 1 aromatic rings. The van der Waals surface area contributed by atoms with Gasteiger partial charge in [-0.2, -0.15) is 0 Å². The number of aliphatic hydroxyl groups is 1. The average Bonchev–Trinajstić information content (AvgIpc) is 2.54. The van der Waals surface area contributed by atoms with Crippen LogP contribution in [0.3, 0.4) is 0 Å². The van der Waals surface area contributed by atoms with Crippen molar-refractivity contribution in [1.29, 1.82) is 0 Å². The Kier molecular flexibility index (Phi) is 3.84. The van der Waals surface area contributed by atoms with Crippen LogP contribution in [-0.4, -0.2) is 19.7 Å². The van der Waals surface area contributed by atoms with Gasteiger partial charge in [-0.3, -0.25) is 4.72 Å². The maximum Gasteiger partial charge on any atom is 0.264 e. The van der Waals surface area contributed by atoms with Crippen LogP contribution >= 0.6 is 0 Å². The van der Waals surface area contributed by atoms with Crippen LogP contribution in [0.5, 0.6) is 0 Å². The van der Waals surface area contributed by atoms with Gasteiger partial charge in [0.1, 0.15) is 22.2 Å². The van der Waals surface area contributed by atoms with E-state index < -0.39 is 32.4 Å². The summed E-state index contributed by atoms with van der Waals surface area (Å²) in [6.07, 6.45) is 4.67. The fraction of sp³-hybridized carbons (Fsp3) is 0.0833. The van der Waals surface area contributed by atoms with Gasteiger partial charge >= 0.3 is 0 Å². The van der Waals surface area contributed by atoms with Crippen LogP contribution < -0.4 is 4.72 Å². The van der Waals surface area contributed by atoms with Crippen molar-refractivity contribution >= 4 is 16.2 Å². The predicted octanol–water partition coefficient (Wildman–Crippen LogP) is 2.00. The Morgan fingerprint density at radius 1 is 1.30 bits per heavy atom. The zero-order valence-corrected chi connectivity index (χ0v) is 10.9. The van der Waals surface area contributed by atoms with Crippen LogP contribution in [0.4, 0.5) is 8.78 Å². The Morgan fingerprint density at radius 2 is 2.05 bits per heavy atom. The molecule has 8 heteroatoms. The second-order valence-electron chi connectivity index (χ2n) is 3.87. The number of nitrogens with one attached hydrogen (secondary N) is 1. The summed E-state index contributed by atoms with van der Waals surface area (Å²) in [5.41, 5.74) is -0.192. The highest BCUT2D eigenvalue weighted by atomic mass is 32.2. The Hall–Kier alpha value is -2.22. The number of aliphatic hydroxyl groups excluding tert-OH is 1. The molecule has 0 unspecified atom stereocenters. The van der Waals surface area contributed by atoms with E-state index in [-0.39, 0.29) is 5.70 Å². The van der Waals surface area contributed by atoms with Crippen molar-refractivity contribution in [2.24, 2.45) is 4.99 Å². The zero-order chi connectivity index (χ0) is 14.8. The lowest BCUT2D eigenvalue weighted by Gasteiger charge is -2.09. The molecule has 0 aromatic heterocycles. The van der Waals surface area contributed by atoms with Crippen molar-refractivity contribution in [2.75, 3.05) is 0 Å². The molecule has 106 valence electrons. The van der Waals surface area contributed by atoms with Gasteiger partial charge in [-0.25, -0.2) is 22.2 Å². The molecule has 2 rings (SSSR count). The minimum atomic E-state index is -4.29. The van der Waals surface area contributed by atoms with Gasteiger partial charge in [-0.1, -0.05) is 6.08 Å². The van der Waals surface area contributed by atoms with Crippen molar-refractivity contribution < 1.29 is 22.3 Å². The monoisotopic (exact) mass is 300 g/mol. The molecule has 0 radical (unpaired) electrons. The molecule has 0 fully saturated rings. The lowest BCUT2D eigenvalue weighted by molar-refractivity contribution is 0.399. The second kappa shape index (κ2) is 5.41. The molecule has 0 aliphatic carbocycles. The number of aliphatic imine (C=N–C) groups is 1. The molecule has 1 aromatic carbocycles. The van der Waals surface area contributed by atoms with Gasteiger partial charge in [-0.05, 0) is 18.2 Å². The molecular weight excluding hydrogens is 290 g/mol. The zero-order valence-electron chi connectivity index (χ0n) is 10.0. The molecule has 0 bridgehead atoms. The van der Waals surface area contributed by atoms with E-state index in [2.05, 4.69) is 4.99 Å². The summed E-state index contributed by atoms with van der Waals surface area (Å²) in [6, 6.07) is 2.09. The van der Waals surface area contributed by atoms with Crippen molar-refractivity contribution in [3.05, 3.63) is 53.6 Å². The quantitative estimate of drug-likeness (QED) is 0.896. The van der Waals surface area contributed by atoms with E-state index in [0.29, 0.717) is 12.5 Å². The highest BCUT2D eigenvalue weighted by Gasteiger charge is 2.21. The summed E-state index contributed by atoms with van der Waals surface area (Å²) in [5, 5.41) is 9.52. The number of allylic oxidation sites excluding steroid dienone is 2. The Morgan fingerprint density at radius 3 is 2.75 bits per heavy atom. The SMILES string of the molecule is O=S(=O)(NC1=C(O)N=CCC=C1)c1ccc(F)cc1F. The highest BCUT2D eigenvalue weighted by molar-refractivity contribution is 7.89. The minimum Gasteiger partial charge on any atom is -0.492 e. The average molecular weight is 300 g/mol. The number of hydrogen-bond acceptors (Lipinski definition) is 4. The third-order valence-electron chi connectivity index (χ3n) is 2.41. The van der Waals surface area contributed by atoms with E-state index in [0.717, 1.165) is 12.1 Å². The van der Waals surface area contributed by atoms with E-state index in [4.69, 9.17) is 0 Å². The molecule has 1 aliphatic heterocycles. The fourth-order valence-corrected chi connectivity index (χ4v) is 2.62. The molecule has 20 heavy (non-hydrogen) atoms. The van der Waals surface area contributed by atoms with Crippen LogP contribution in [0.1, 0.15) is 6.42 Å². The van der Waals surface area contributed by atoms with Gasteiger partial charge in [0.15, 0.2) is 0 Å². The van der Waals surface area contributed by atoms with Crippen molar-refractivity contribution in [3.63, 3.8) is 0 Å². The van der Waals surface area contributed by atoms with E-state index in [9.17, 15) is 22.3 Å². The molecule has 0 amide bonds. The summed E-state index contributed by atoms with van der Waals surface area (Å²) < 4.78 is 52.2. The first-order valence-corrected chi connectivity index (χ1v) is 6.98. The van der Waals surface area contributed by atoms with Crippen molar-refractivity contribution in [2.45, 2.75) is 11.3 Å². The van der Waals surface area contributed by atoms with E-state index in [1.807, 2.05) is 4.72 Å². The molecule has 0 saturated heterocycles. The number of halogens is 2. The van der Waals surface area contributed by atoms with Crippen LogP contribution in [-0.2, 0) is 10.0 Å². The van der Waals surface area contributed by atoms with Gasteiger partial charge in [0.05, 0.1) is 0 Å². The molecule has 2 N–H and O–H groups in total. The summed E-state index contributed by atoms with van der Waals surface area (Å²) >= 11 is 0. The molecule has 0 saturated carbocycles. The van der Waals surface area contributed by atoms with Crippen LogP contribution in [0.25, 0.3) is 0 Å². The third-order valence-corrected chi connectivity index (χ3v) is 3.81. The first-order chi connectivity index (χ1) is 9.40. The Balaban J connectivity index is 2.39. The number of hydrogen-bond donors (Lipinski definition) is 2. The normalized spacial score (nSPS) is 15.3. The number of benzene rings is 1. The van der Waals surface area contributed by atoms with E-state index >= 15 is 0 Å². The minimum absolute atomic E-state index is 0.192. The summed E-state index contributed by atoms with van der Waals surface area (Å²) in [5.74, 6) is -2.65. The number of sulfonamides is 1. The molecule has 1 aliphatic rings. The smallest absolute Gasteiger partial charge is 0.264 e. The van der Waals surface area contributed by atoms with Crippen LogP contribution in [0.2, 0.25) is 0 Å². The molecule has 1 heterocycles. The maximum absolute atomic E-state index is 13.5. The largest absolute Gasteiger partial charge is 0.492 e. The molecule has 0 spiro atoms. The van der Waals surface area contributed by atoms with Crippen LogP contribution in [0.15, 0.2) is 51.8 Å². The topological polar surface area (TPSA) is 78.8 Å². The second-order valence-corrected chi connectivity index (χ2v) is 5.52. The summed E-state index contributed by atoms with van der Waals surface area (Å²) in [4.78, 5) is 2.86. The van der Waals surface area contributed by atoms with Crippen molar-refractivity contribution in [1.82, 2.24) is 4.72 Å². The van der Waals surface area contributed by atoms with Gasteiger partial charge in [0, 0.05) is 18.7 Å². The first kappa shape index (κ1) is 14.2.